The van der Waals surface area contributed by atoms with Crippen molar-refractivity contribution in [1.82, 2.24) is 5.32 Å². The number of anilines is 1. The number of amides is 1. The number of hydrogen-bond acceptors (Lipinski definition) is 5. The molecular weight excluding hydrogens is 356 g/mol. The van der Waals surface area contributed by atoms with Crippen LogP contribution in [0.1, 0.15) is 12.0 Å². The molecule has 0 unspecified atom stereocenters. The van der Waals surface area contributed by atoms with Crippen LogP contribution in [0.2, 0.25) is 0 Å². The maximum absolute atomic E-state index is 12.0. The Morgan fingerprint density at radius 3 is 2.71 bits per heavy atom. The number of aryl methyl sites for hydroxylation is 1. The fourth-order valence-corrected chi connectivity index (χ4v) is 2.95. The van der Waals surface area contributed by atoms with Crippen LogP contribution in [0, 0.1) is 6.92 Å². The highest BCUT2D eigenvalue weighted by atomic mass is 16.5. The Labute approximate surface area is 163 Å². The smallest absolute Gasteiger partial charge is 0.336 e. The fourth-order valence-electron chi connectivity index (χ4n) is 2.95. The largest absolute Gasteiger partial charge is 0.484 e. The molecule has 6 heteroatoms. The van der Waals surface area contributed by atoms with Crippen LogP contribution in [0.15, 0.2) is 63.8 Å². The summed E-state index contributed by atoms with van der Waals surface area (Å²) < 4.78 is 10.7. The summed E-state index contributed by atoms with van der Waals surface area (Å²) in [5, 5.41) is 3.70. The van der Waals surface area contributed by atoms with Crippen molar-refractivity contribution >= 4 is 22.6 Å². The van der Waals surface area contributed by atoms with Gasteiger partial charge in [-0.05, 0) is 43.2 Å². The lowest BCUT2D eigenvalue weighted by atomic mass is 10.1. The molecule has 28 heavy (non-hydrogen) atoms. The average Bonchev–Trinajstić information content (AvgIpc) is 2.69. The number of rotatable bonds is 8. The minimum absolute atomic E-state index is 0.0872. The molecule has 0 saturated heterocycles. The monoisotopic (exact) mass is 380 g/mol. The van der Waals surface area contributed by atoms with E-state index in [0.717, 1.165) is 29.6 Å². The number of ether oxygens (including phenoxy) is 1. The van der Waals surface area contributed by atoms with E-state index in [1.165, 1.54) is 6.07 Å². The first-order valence-corrected chi connectivity index (χ1v) is 9.23. The lowest BCUT2D eigenvalue weighted by Crippen LogP contribution is -2.31. The van der Waals surface area contributed by atoms with Gasteiger partial charge in [-0.2, -0.15) is 0 Å². The molecule has 0 atom stereocenters. The Hall–Kier alpha value is -3.28. The molecule has 0 spiro atoms. The van der Waals surface area contributed by atoms with E-state index >= 15 is 0 Å². The average molecular weight is 380 g/mol. The lowest BCUT2D eigenvalue weighted by Gasteiger charge is -2.19. The first kappa shape index (κ1) is 19.5. The SMILES string of the molecule is Cc1cc(=O)oc2cc(OCC(=O)NCCCN(C)c3ccccc3)ccc12. The van der Waals surface area contributed by atoms with Gasteiger partial charge in [-0.3, -0.25) is 4.79 Å². The summed E-state index contributed by atoms with van der Waals surface area (Å²) in [6, 6.07) is 16.8. The molecule has 0 fully saturated rings. The van der Waals surface area contributed by atoms with Gasteiger partial charge in [0.1, 0.15) is 11.3 Å². The summed E-state index contributed by atoms with van der Waals surface area (Å²) in [4.78, 5) is 25.6. The summed E-state index contributed by atoms with van der Waals surface area (Å²) in [6.07, 6.45) is 0.831. The Kier molecular flexibility index (Phi) is 6.32. The summed E-state index contributed by atoms with van der Waals surface area (Å²) >= 11 is 0. The lowest BCUT2D eigenvalue weighted by molar-refractivity contribution is -0.123. The topological polar surface area (TPSA) is 71.8 Å². The molecule has 0 saturated carbocycles. The van der Waals surface area contributed by atoms with E-state index in [2.05, 4.69) is 22.3 Å². The minimum atomic E-state index is -0.402. The number of carbonyl (C=O) groups excluding carboxylic acids is 1. The molecular formula is C22H24N2O4. The maximum Gasteiger partial charge on any atom is 0.336 e. The van der Waals surface area contributed by atoms with E-state index in [1.807, 2.05) is 38.2 Å². The van der Waals surface area contributed by atoms with Gasteiger partial charge < -0.3 is 19.4 Å². The van der Waals surface area contributed by atoms with E-state index in [0.29, 0.717) is 17.9 Å². The van der Waals surface area contributed by atoms with Crippen LogP contribution in [0.4, 0.5) is 5.69 Å². The molecule has 6 nitrogen and oxygen atoms in total. The van der Waals surface area contributed by atoms with Crippen molar-refractivity contribution in [3.8, 4) is 5.75 Å². The number of para-hydroxylation sites is 1. The molecule has 3 aromatic rings. The summed E-state index contributed by atoms with van der Waals surface area (Å²) in [7, 11) is 2.03. The highest BCUT2D eigenvalue weighted by Crippen LogP contribution is 2.22. The normalized spacial score (nSPS) is 10.6. The molecule has 0 bridgehead atoms. The Balaban J connectivity index is 1.43. The second kappa shape index (κ2) is 9.08. The van der Waals surface area contributed by atoms with Gasteiger partial charge in [-0.15, -0.1) is 0 Å². The number of benzene rings is 2. The van der Waals surface area contributed by atoms with Gasteiger partial charge in [0.2, 0.25) is 0 Å². The van der Waals surface area contributed by atoms with Gasteiger partial charge in [0.15, 0.2) is 6.61 Å². The van der Waals surface area contributed by atoms with Crippen molar-refractivity contribution in [2.24, 2.45) is 0 Å². The van der Waals surface area contributed by atoms with Gasteiger partial charge in [-0.25, -0.2) is 4.79 Å². The van der Waals surface area contributed by atoms with Crippen LogP contribution in [-0.4, -0.2) is 32.7 Å². The third-order valence-electron chi connectivity index (χ3n) is 4.48. The predicted molar refractivity (Wildman–Crippen MR) is 110 cm³/mol. The molecule has 146 valence electrons. The molecule has 2 aromatic carbocycles. The van der Waals surface area contributed by atoms with Crippen molar-refractivity contribution in [3.63, 3.8) is 0 Å². The Morgan fingerprint density at radius 1 is 1.14 bits per heavy atom. The van der Waals surface area contributed by atoms with Crippen molar-refractivity contribution in [2.45, 2.75) is 13.3 Å². The third kappa shape index (κ3) is 5.13. The second-order valence-corrected chi connectivity index (χ2v) is 6.66. The number of hydrogen-bond donors (Lipinski definition) is 1. The van der Waals surface area contributed by atoms with E-state index in [4.69, 9.17) is 9.15 Å². The van der Waals surface area contributed by atoms with Crippen molar-refractivity contribution in [1.29, 1.82) is 0 Å². The van der Waals surface area contributed by atoms with Gasteiger partial charge in [-0.1, -0.05) is 18.2 Å². The van der Waals surface area contributed by atoms with Gasteiger partial charge >= 0.3 is 5.63 Å². The highest BCUT2D eigenvalue weighted by molar-refractivity contribution is 5.81. The quantitative estimate of drug-likeness (QED) is 0.480. The molecule has 1 N–H and O–H groups in total. The third-order valence-corrected chi connectivity index (χ3v) is 4.48. The summed E-state index contributed by atoms with van der Waals surface area (Å²) in [6.45, 7) is 3.18. The molecule has 1 heterocycles. The zero-order valence-electron chi connectivity index (χ0n) is 16.1. The summed E-state index contributed by atoms with van der Waals surface area (Å²) in [5.74, 6) is 0.299. The van der Waals surface area contributed by atoms with Crippen molar-refractivity contribution < 1.29 is 13.9 Å². The van der Waals surface area contributed by atoms with Gasteiger partial charge in [0, 0.05) is 43.3 Å². The van der Waals surface area contributed by atoms with Crippen LogP contribution in [0.5, 0.6) is 5.75 Å². The van der Waals surface area contributed by atoms with E-state index < -0.39 is 5.63 Å². The summed E-state index contributed by atoms with van der Waals surface area (Å²) in [5.41, 5.74) is 2.04. The van der Waals surface area contributed by atoms with Gasteiger partial charge in [0.25, 0.3) is 5.91 Å². The van der Waals surface area contributed by atoms with E-state index in [1.54, 1.807) is 12.1 Å². The standard InChI is InChI=1S/C22H24N2O4/c1-16-13-22(26)28-20-14-18(9-10-19(16)20)27-15-21(25)23-11-6-12-24(2)17-7-4-3-5-8-17/h3-5,7-10,13-14H,6,11-12,15H2,1-2H3,(H,23,25). The number of fused-ring (bicyclic) bond motifs is 1. The van der Waals surface area contributed by atoms with Crippen LogP contribution in [0.25, 0.3) is 11.0 Å². The fraction of sp³-hybridized carbons (Fsp3) is 0.273. The van der Waals surface area contributed by atoms with Crippen molar-refractivity contribution in [2.75, 3.05) is 31.6 Å². The Morgan fingerprint density at radius 2 is 1.93 bits per heavy atom. The van der Waals surface area contributed by atoms with Crippen LogP contribution in [-0.2, 0) is 4.79 Å². The number of nitrogens with zero attached hydrogens (tertiary/aromatic N) is 1. The maximum atomic E-state index is 12.0. The van der Waals surface area contributed by atoms with Gasteiger partial charge in [0.05, 0.1) is 0 Å². The first-order chi connectivity index (χ1) is 13.5. The number of carbonyl (C=O) groups is 1. The number of nitrogens with one attached hydrogen (secondary N) is 1. The van der Waals surface area contributed by atoms with E-state index in [-0.39, 0.29) is 12.5 Å². The van der Waals surface area contributed by atoms with E-state index in [9.17, 15) is 9.59 Å². The molecule has 3 rings (SSSR count). The highest BCUT2D eigenvalue weighted by Gasteiger charge is 2.07. The molecule has 0 aliphatic rings. The zero-order chi connectivity index (χ0) is 19.9. The molecule has 0 radical (unpaired) electrons. The molecule has 0 aliphatic carbocycles. The first-order valence-electron chi connectivity index (χ1n) is 9.23. The molecule has 1 aromatic heterocycles. The zero-order valence-corrected chi connectivity index (χ0v) is 16.1. The van der Waals surface area contributed by atoms with Crippen molar-refractivity contribution in [3.05, 3.63) is 70.6 Å². The van der Waals surface area contributed by atoms with Crippen LogP contribution in [0.3, 0.4) is 0 Å². The van der Waals surface area contributed by atoms with Crippen LogP contribution < -0.4 is 20.6 Å². The Bertz CT molecular complexity index is 998. The molecule has 1 amide bonds. The minimum Gasteiger partial charge on any atom is -0.484 e. The predicted octanol–water partition coefficient (Wildman–Crippen LogP) is 3.12. The second-order valence-electron chi connectivity index (χ2n) is 6.66. The molecule has 0 aliphatic heterocycles. The van der Waals surface area contributed by atoms with Crippen LogP contribution >= 0.6 is 0 Å².